The first-order chi connectivity index (χ1) is 17.6. The summed E-state index contributed by atoms with van der Waals surface area (Å²) in [6, 6.07) is 21.1. The highest BCUT2D eigenvalue weighted by Crippen LogP contribution is 2.29. The fourth-order valence-electron chi connectivity index (χ4n) is 3.96. The Hall–Kier alpha value is -4.43. The quantitative estimate of drug-likeness (QED) is 0.298. The van der Waals surface area contributed by atoms with Gasteiger partial charge >= 0.3 is 0 Å². The van der Waals surface area contributed by atoms with Crippen LogP contribution in [-0.4, -0.2) is 32.3 Å². The lowest BCUT2D eigenvalue weighted by atomic mass is 10.1. The summed E-state index contributed by atoms with van der Waals surface area (Å²) in [5, 5.41) is 9.92. The molecule has 0 aliphatic rings. The van der Waals surface area contributed by atoms with Gasteiger partial charge < -0.3 is 14.6 Å². The van der Waals surface area contributed by atoms with Crippen molar-refractivity contribution in [3.8, 4) is 22.0 Å². The number of carbonyl (C=O) groups excluding carboxylic acids is 1. The molecule has 1 amide bonds. The van der Waals surface area contributed by atoms with E-state index in [1.807, 2.05) is 101 Å². The fraction of sp³-hybridized carbons (Fsp3) is 0.107. The summed E-state index contributed by atoms with van der Waals surface area (Å²) >= 11 is 1.61. The van der Waals surface area contributed by atoms with Gasteiger partial charge in [-0.15, -0.1) is 11.3 Å². The topological polar surface area (TPSA) is 74.0 Å². The van der Waals surface area contributed by atoms with Gasteiger partial charge in [-0.2, -0.15) is 5.10 Å². The monoisotopic (exact) mass is 495 g/mol. The Balaban J connectivity index is 1.44. The van der Waals surface area contributed by atoms with Gasteiger partial charge in [0.1, 0.15) is 23.3 Å². The van der Waals surface area contributed by atoms with Gasteiger partial charge in [0.05, 0.1) is 17.7 Å². The lowest BCUT2D eigenvalue weighted by Crippen LogP contribution is -2.29. The van der Waals surface area contributed by atoms with Crippen LogP contribution in [-0.2, 0) is 11.8 Å². The largest absolute Gasteiger partial charge is 0.497 e. The second-order valence-corrected chi connectivity index (χ2v) is 9.09. The maximum Gasteiger partial charge on any atom is 0.244 e. The predicted octanol–water partition coefficient (Wildman–Crippen LogP) is 5.26. The Morgan fingerprint density at radius 2 is 1.97 bits per heavy atom. The molecular formula is C28H25N5O2S. The van der Waals surface area contributed by atoms with Gasteiger partial charge in [0, 0.05) is 37.3 Å². The SMILES string of the molecule is COc1cccc(C(NC(=O)/C=C/c2cn(-c3ccccc3)nc2-c2cccs2)c2nccn2C)c1. The highest BCUT2D eigenvalue weighted by Gasteiger charge is 2.21. The molecule has 0 fully saturated rings. The summed E-state index contributed by atoms with van der Waals surface area (Å²) in [6.07, 6.45) is 8.86. The van der Waals surface area contributed by atoms with Gasteiger partial charge in [-0.1, -0.05) is 36.4 Å². The molecule has 180 valence electrons. The van der Waals surface area contributed by atoms with Crippen LogP contribution in [0.1, 0.15) is 23.0 Å². The number of thiophene rings is 1. The number of hydrogen-bond acceptors (Lipinski definition) is 5. The summed E-state index contributed by atoms with van der Waals surface area (Å²) in [4.78, 5) is 18.7. The number of rotatable bonds is 8. The van der Waals surface area contributed by atoms with Gasteiger partial charge in [-0.25, -0.2) is 9.67 Å². The van der Waals surface area contributed by atoms with Crippen molar-refractivity contribution < 1.29 is 9.53 Å². The van der Waals surface area contributed by atoms with E-state index in [1.54, 1.807) is 36.8 Å². The van der Waals surface area contributed by atoms with Gasteiger partial charge in [0.25, 0.3) is 0 Å². The van der Waals surface area contributed by atoms with Crippen molar-refractivity contribution in [3.63, 3.8) is 0 Å². The second kappa shape index (κ2) is 10.5. The van der Waals surface area contributed by atoms with Crippen LogP contribution in [0.4, 0.5) is 0 Å². The van der Waals surface area contributed by atoms with Gasteiger partial charge in [-0.3, -0.25) is 4.79 Å². The first-order valence-electron chi connectivity index (χ1n) is 11.4. The Kier molecular flexibility index (Phi) is 6.77. The number of carbonyl (C=O) groups is 1. The lowest BCUT2D eigenvalue weighted by molar-refractivity contribution is -0.117. The summed E-state index contributed by atoms with van der Waals surface area (Å²) in [7, 11) is 3.53. The number of hydrogen-bond donors (Lipinski definition) is 1. The molecule has 1 atom stereocenters. The van der Waals surface area contributed by atoms with E-state index >= 15 is 0 Å². The number of imidazole rings is 1. The molecular weight excluding hydrogens is 470 g/mol. The van der Waals surface area contributed by atoms with Crippen molar-refractivity contribution in [2.75, 3.05) is 7.11 Å². The molecule has 1 N–H and O–H groups in total. The number of para-hydroxylation sites is 1. The van der Waals surface area contributed by atoms with Crippen LogP contribution < -0.4 is 10.1 Å². The number of methoxy groups -OCH3 is 1. The predicted molar refractivity (Wildman–Crippen MR) is 142 cm³/mol. The van der Waals surface area contributed by atoms with E-state index in [0.717, 1.165) is 33.2 Å². The smallest absolute Gasteiger partial charge is 0.244 e. The molecule has 8 heteroatoms. The molecule has 5 aromatic rings. The highest BCUT2D eigenvalue weighted by atomic mass is 32.1. The van der Waals surface area contributed by atoms with E-state index in [-0.39, 0.29) is 5.91 Å². The van der Waals surface area contributed by atoms with E-state index < -0.39 is 6.04 Å². The van der Waals surface area contributed by atoms with Crippen molar-refractivity contribution in [1.82, 2.24) is 24.6 Å². The third-order valence-corrected chi connectivity index (χ3v) is 6.64. The Morgan fingerprint density at radius 3 is 2.69 bits per heavy atom. The average molecular weight is 496 g/mol. The van der Waals surface area contributed by atoms with E-state index in [2.05, 4.69) is 10.3 Å². The zero-order valence-electron chi connectivity index (χ0n) is 19.9. The van der Waals surface area contributed by atoms with E-state index in [9.17, 15) is 4.79 Å². The van der Waals surface area contributed by atoms with Crippen LogP contribution in [0, 0.1) is 0 Å². The highest BCUT2D eigenvalue weighted by molar-refractivity contribution is 7.13. The molecule has 0 saturated carbocycles. The molecule has 0 aliphatic carbocycles. The third-order valence-electron chi connectivity index (χ3n) is 5.76. The van der Waals surface area contributed by atoms with Crippen molar-refractivity contribution >= 4 is 23.3 Å². The summed E-state index contributed by atoms with van der Waals surface area (Å²) in [5.41, 5.74) is 3.51. The summed E-state index contributed by atoms with van der Waals surface area (Å²) < 4.78 is 9.12. The van der Waals surface area contributed by atoms with Crippen LogP contribution in [0.15, 0.2) is 96.8 Å². The number of amides is 1. The first kappa shape index (κ1) is 23.3. The van der Waals surface area contributed by atoms with Gasteiger partial charge in [0.15, 0.2) is 0 Å². The Labute approximate surface area is 213 Å². The van der Waals surface area contributed by atoms with Gasteiger partial charge in [0.2, 0.25) is 5.91 Å². The zero-order chi connectivity index (χ0) is 24.9. The molecule has 0 bridgehead atoms. The Bertz CT molecular complexity index is 1490. The number of nitrogens with one attached hydrogen (secondary N) is 1. The fourth-order valence-corrected chi connectivity index (χ4v) is 4.69. The molecule has 5 rings (SSSR count). The molecule has 7 nitrogen and oxygen atoms in total. The molecule has 0 aliphatic heterocycles. The van der Waals surface area contributed by atoms with Crippen LogP contribution in [0.3, 0.4) is 0 Å². The van der Waals surface area contributed by atoms with E-state index in [0.29, 0.717) is 5.75 Å². The number of ether oxygens (including phenoxy) is 1. The molecule has 0 saturated heterocycles. The third kappa shape index (κ3) is 4.99. The number of nitrogens with zero attached hydrogens (tertiary/aromatic N) is 4. The molecule has 36 heavy (non-hydrogen) atoms. The van der Waals surface area contributed by atoms with E-state index in [1.165, 1.54) is 0 Å². The van der Waals surface area contributed by atoms with Crippen LogP contribution in [0.2, 0.25) is 0 Å². The average Bonchev–Trinajstić information content (AvgIpc) is 3.68. The maximum absolute atomic E-state index is 13.1. The Morgan fingerprint density at radius 1 is 1.11 bits per heavy atom. The van der Waals surface area contributed by atoms with Crippen LogP contribution >= 0.6 is 11.3 Å². The molecule has 1 unspecified atom stereocenters. The zero-order valence-corrected chi connectivity index (χ0v) is 20.7. The van der Waals surface area contributed by atoms with Crippen molar-refractivity contribution in [2.45, 2.75) is 6.04 Å². The van der Waals surface area contributed by atoms with Crippen molar-refractivity contribution in [3.05, 3.63) is 114 Å². The molecule has 3 aromatic heterocycles. The maximum atomic E-state index is 13.1. The molecule has 0 spiro atoms. The minimum absolute atomic E-state index is 0.240. The number of aromatic nitrogens is 4. The van der Waals surface area contributed by atoms with Crippen molar-refractivity contribution in [1.29, 1.82) is 0 Å². The normalized spacial score (nSPS) is 12.1. The second-order valence-electron chi connectivity index (χ2n) is 8.14. The number of aryl methyl sites for hydroxylation is 1. The minimum Gasteiger partial charge on any atom is -0.497 e. The minimum atomic E-state index is -0.443. The first-order valence-corrected chi connectivity index (χ1v) is 12.3. The van der Waals surface area contributed by atoms with Crippen LogP contribution in [0.5, 0.6) is 5.75 Å². The van der Waals surface area contributed by atoms with Crippen LogP contribution in [0.25, 0.3) is 22.3 Å². The molecule has 2 aromatic carbocycles. The molecule has 3 heterocycles. The summed E-state index contributed by atoms with van der Waals surface area (Å²) in [6.45, 7) is 0. The van der Waals surface area contributed by atoms with E-state index in [4.69, 9.17) is 9.84 Å². The summed E-state index contributed by atoms with van der Waals surface area (Å²) in [5.74, 6) is 1.20. The van der Waals surface area contributed by atoms with Crippen molar-refractivity contribution in [2.24, 2.45) is 7.05 Å². The number of benzene rings is 2. The molecule has 0 radical (unpaired) electrons. The van der Waals surface area contributed by atoms with Gasteiger partial charge in [-0.05, 0) is 47.4 Å². The lowest BCUT2D eigenvalue weighted by Gasteiger charge is -2.19. The standard InChI is InChI=1S/C28H25N5O2S/c1-32-16-15-29-28(32)27(20-8-6-11-23(18-20)35-2)30-25(34)14-13-21-19-33(22-9-4-3-5-10-22)31-26(21)24-12-7-17-36-24/h3-19,27H,1-2H3,(H,30,34)/b14-13+.